The zero-order valence-electron chi connectivity index (χ0n) is 11.0. The SMILES string of the molecule is CCOCCC(NC)c1ccc(OCC)cc1. The Balaban J connectivity index is 2.55. The quantitative estimate of drug-likeness (QED) is 0.705. The van der Waals surface area contributed by atoms with Gasteiger partial charge in [0.05, 0.1) is 6.61 Å². The molecule has 1 unspecified atom stereocenters. The Labute approximate surface area is 104 Å². The van der Waals surface area contributed by atoms with Gasteiger partial charge >= 0.3 is 0 Å². The Morgan fingerprint density at radius 2 is 1.82 bits per heavy atom. The fourth-order valence-corrected chi connectivity index (χ4v) is 1.79. The molecule has 0 bridgehead atoms. The van der Waals surface area contributed by atoms with Crippen molar-refractivity contribution < 1.29 is 9.47 Å². The van der Waals surface area contributed by atoms with Gasteiger partial charge in [-0.3, -0.25) is 0 Å². The normalized spacial score (nSPS) is 12.4. The highest BCUT2D eigenvalue weighted by atomic mass is 16.5. The molecule has 0 spiro atoms. The summed E-state index contributed by atoms with van der Waals surface area (Å²) in [5.74, 6) is 0.927. The van der Waals surface area contributed by atoms with Crippen LogP contribution in [-0.4, -0.2) is 26.9 Å². The molecule has 1 N–H and O–H groups in total. The number of hydrogen-bond acceptors (Lipinski definition) is 3. The third kappa shape index (κ3) is 4.75. The Bertz CT molecular complexity index is 298. The van der Waals surface area contributed by atoms with E-state index in [0.29, 0.717) is 12.6 Å². The van der Waals surface area contributed by atoms with Crippen molar-refractivity contribution in [3.8, 4) is 5.75 Å². The maximum Gasteiger partial charge on any atom is 0.119 e. The third-order valence-electron chi connectivity index (χ3n) is 2.70. The molecule has 0 aliphatic heterocycles. The summed E-state index contributed by atoms with van der Waals surface area (Å²) in [6.07, 6.45) is 0.984. The molecule has 1 aromatic carbocycles. The van der Waals surface area contributed by atoms with Crippen LogP contribution < -0.4 is 10.1 Å². The van der Waals surface area contributed by atoms with E-state index in [4.69, 9.17) is 9.47 Å². The molecule has 1 aromatic rings. The molecule has 3 nitrogen and oxygen atoms in total. The van der Waals surface area contributed by atoms with Crippen LogP contribution in [0.5, 0.6) is 5.75 Å². The summed E-state index contributed by atoms with van der Waals surface area (Å²) in [5.41, 5.74) is 1.27. The number of nitrogens with one attached hydrogen (secondary N) is 1. The summed E-state index contributed by atoms with van der Waals surface area (Å²) in [5, 5.41) is 3.31. The summed E-state index contributed by atoms with van der Waals surface area (Å²) < 4.78 is 10.8. The van der Waals surface area contributed by atoms with Crippen molar-refractivity contribution in [2.75, 3.05) is 26.9 Å². The summed E-state index contributed by atoms with van der Waals surface area (Å²) >= 11 is 0. The van der Waals surface area contributed by atoms with Crippen molar-refractivity contribution in [3.63, 3.8) is 0 Å². The van der Waals surface area contributed by atoms with E-state index in [-0.39, 0.29) is 0 Å². The lowest BCUT2D eigenvalue weighted by Gasteiger charge is -2.17. The minimum Gasteiger partial charge on any atom is -0.494 e. The smallest absolute Gasteiger partial charge is 0.119 e. The minimum absolute atomic E-state index is 0.345. The van der Waals surface area contributed by atoms with Gasteiger partial charge in [-0.2, -0.15) is 0 Å². The van der Waals surface area contributed by atoms with Gasteiger partial charge in [-0.1, -0.05) is 12.1 Å². The van der Waals surface area contributed by atoms with Crippen LogP contribution in [0.25, 0.3) is 0 Å². The van der Waals surface area contributed by atoms with E-state index in [2.05, 4.69) is 17.4 Å². The minimum atomic E-state index is 0.345. The molecule has 0 fully saturated rings. The van der Waals surface area contributed by atoms with Crippen molar-refractivity contribution in [1.29, 1.82) is 0 Å². The van der Waals surface area contributed by atoms with Crippen LogP contribution in [0.15, 0.2) is 24.3 Å². The topological polar surface area (TPSA) is 30.5 Å². The average Bonchev–Trinajstić information content (AvgIpc) is 2.36. The first-order valence-electron chi connectivity index (χ1n) is 6.29. The number of hydrogen-bond donors (Lipinski definition) is 1. The molecular weight excluding hydrogens is 214 g/mol. The molecular formula is C14H23NO2. The lowest BCUT2D eigenvalue weighted by molar-refractivity contribution is 0.137. The fourth-order valence-electron chi connectivity index (χ4n) is 1.79. The first-order chi connectivity index (χ1) is 8.31. The van der Waals surface area contributed by atoms with Crippen molar-refractivity contribution in [2.24, 2.45) is 0 Å². The second-order valence-corrected chi connectivity index (χ2v) is 3.83. The second-order valence-electron chi connectivity index (χ2n) is 3.83. The summed E-state index contributed by atoms with van der Waals surface area (Å²) in [6.45, 7) is 6.28. The van der Waals surface area contributed by atoms with Crippen molar-refractivity contribution in [3.05, 3.63) is 29.8 Å². The molecule has 0 radical (unpaired) electrons. The standard InChI is InChI=1S/C14H23NO2/c1-4-16-11-10-14(15-3)12-6-8-13(9-7-12)17-5-2/h6-9,14-15H,4-5,10-11H2,1-3H3. The Hall–Kier alpha value is -1.06. The zero-order valence-corrected chi connectivity index (χ0v) is 11.0. The molecule has 1 rings (SSSR count). The third-order valence-corrected chi connectivity index (χ3v) is 2.70. The number of benzene rings is 1. The van der Waals surface area contributed by atoms with Gasteiger partial charge in [-0.25, -0.2) is 0 Å². The van der Waals surface area contributed by atoms with E-state index < -0.39 is 0 Å². The van der Waals surface area contributed by atoms with E-state index in [9.17, 15) is 0 Å². The first-order valence-corrected chi connectivity index (χ1v) is 6.29. The molecule has 96 valence electrons. The molecule has 17 heavy (non-hydrogen) atoms. The van der Waals surface area contributed by atoms with Crippen LogP contribution >= 0.6 is 0 Å². The lowest BCUT2D eigenvalue weighted by atomic mass is 10.0. The van der Waals surface area contributed by atoms with Gasteiger partial charge < -0.3 is 14.8 Å². The maximum atomic E-state index is 5.43. The largest absolute Gasteiger partial charge is 0.494 e. The van der Waals surface area contributed by atoms with Gasteiger partial charge in [-0.05, 0) is 45.0 Å². The van der Waals surface area contributed by atoms with Gasteiger partial charge in [-0.15, -0.1) is 0 Å². The molecule has 0 heterocycles. The second kappa shape index (κ2) is 8.09. The summed E-state index contributed by atoms with van der Waals surface area (Å²) in [7, 11) is 1.98. The molecule has 0 saturated heterocycles. The molecule has 0 amide bonds. The predicted octanol–water partition coefficient (Wildman–Crippen LogP) is 2.77. The van der Waals surface area contributed by atoms with E-state index in [1.165, 1.54) is 5.56 Å². The highest BCUT2D eigenvalue weighted by Crippen LogP contribution is 2.20. The van der Waals surface area contributed by atoms with Gasteiger partial charge in [0.15, 0.2) is 0 Å². The highest BCUT2D eigenvalue weighted by molar-refractivity contribution is 5.29. The summed E-state index contributed by atoms with van der Waals surface area (Å²) in [4.78, 5) is 0. The Kier molecular flexibility index (Phi) is 6.67. The van der Waals surface area contributed by atoms with Crippen LogP contribution in [0, 0.1) is 0 Å². The van der Waals surface area contributed by atoms with E-state index >= 15 is 0 Å². The monoisotopic (exact) mass is 237 g/mol. The Morgan fingerprint density at radius 1 is 1.12 bits per heavy atom. The van der Waals surface area contributed by atoms with Crippen molar-refractivity contribution >= 4 is 0 Å². The number of rotatable bonds is 8. The molecule has 0 saturated carbocycles. The van der Waals surface area contributed by atoms with Gasteiger partial charge in [0.2, 0.25) is 0 Å². The molecule has 0 aliphatic rings. The first kappa shape index (κ1) is 14.0. The molecule has 0 aromatic heterocycles. The van der Waals surface area contributed by atoms with Gasteiger partial charge in [0.1, 0.15) is 5.75 Å². The van der Waals surface area contributed by atoms with E-state index in [1.807, 2.05) is 33.0 Å². The maximum absolute atomic E-state index is 5.43. The van der Waals surface area contributed by atoms with Crippen LogP contribution in [0.3, 0.4) is 0 Å². The lowest BCUT2D eigenvalue weighted by Crippen LogP contribution is -2.18. The predicted molar refractivity (Wildman–Crippen MR) is 70.5 cm³/mol. The van der Waals surface area contributed by atoms with Gasteiger partial charge in [0.25, 0.3) is 0 Å². The molecule has 1 atom stereocenters. The van der Waals surface area contributed by atoms with Crippen LogP contribution in [0.1, 0.15) is 31.9 Å². The van der Waals surface area contributed by atoms with Crippen LogP contribution in [0.2, 0.25) is 0 Å². The van der Waals surface area contributed by atoms with Crippen molar-refractivity contribution in [2.45, 2.75) is 26.3 Å². The van der Waals surface area contributed by atoms with E-state index in [0.717, 1.165) is 25.4 Å². The average molecular weight is 237 g/mol. The van der Waals surface area contributed by atoms with Gasteiger partial charge in [0, 0.05) is 19.3 Å². The number of ether oxygens (including phenoxy) is 2. The van der Waals surface area contributed by atoms with E-state index in [1.54, 1.807) is 0 Å². The van der Waals surface area contributed by atoms with Crippen LogP contribution in [-0.2, 0) is 4.74 Å². The highest BCUT2D eigenvalue weighted by Gasteiger charge is 2.08. The van der Waals surface area contributed by atoms with Crippen LogP contribution in [0.4, 0.5) is 0 Å². The summed E-state index contributed by atoms with van der Waals surface area (Å²) in [6, 6.07) is 8.60. The Morgan fingerprint density at radius 3 is 2.35 bits per heavy atom. The fraction of sp³-hybridized carbons (Fsp3) is 0.571. The van der Waals surface area contributed by atoms with Crippen molar-refractivity contribution in [1.82, 2.24) is 5.32 Å². The zero-order chi connectivity index (χ0) is 12.5. The molecule has 0 aliphatic carbocycles. The molecule has 3 heteroatoms.